The summed E-state index contributed by atoms with van der Waals surface area (Å²) in [4.78, 5) is 82.0. The van der Waals surface area contributed by atoms with Crippen molar-refractivity contribution in [2.75, 3.05) is 40.4 Å². The van der Waals surface area contributed by atoms with Gasteiger partial charge in [0, 0.05) is 80.4 Å². The molecule has 65 heavy (non-hydrogen) atoms. The van der Waals surface area contributed by atoms with Gasteiger partial charge in [0.2, 0.25) is 11.8 Å². The van der Waals surface area contributed by atoms with Crippen molar-refractivity contribution in [1.82, 2.24) is 44.5 Å². The summed E-state index contributed by atoms with van der Waals surface area (Å²) in [7, 11) is 3.26. The lowest BCUT2D eigenvalue weighted by Gasteiger charge is -2.36. The molecule has 3 aromatic heterocycles. The Labute approximate surface area is 384 Å². The molecule has 346 valence electrons. The summed E-state index contributed by atoms with van der Waals surface area (Å²) in [5.41, 5.74) is 8.26. The van der Waals surface area contributed by atoms with E-state index in [0.29, 0.717) is 56.1 Å². The third-order valence-electron chi connectivity index (χ3n) is 12.8. The first-order chi connectivity index (χ1) is 31.0. The van der Waals surface area contributed by atoms with Crippen LogP contribution in [-0.2, 0) is 52.8 Å². The molecule has 6 bridgehead atoms. The zero-order valence-corrected chi connectivity index (χ0v) is 39.7. The van der Waals surface area contributed by atoms with Gasteiger partial charge in [0.15, 0.2) is 5.82 Å². The number of cyclic esters (lactones) is 1. The lowest BCUT2D eigenvalue weighted by atomic mass is 9.84. The highest BCUT2D eigenvalue weighted by atomic mass is 32.1. The number of likely N-dealkylation sites (tertiary alicyclic amines) is 1. The van der Waals surface area contributed by atoms with Crippen LogP contribution in [0.25, 0.3) is 33.5 Å². The van der Waals surface area contributed by atoms with Gasteiger partial charge in [-0.1, -0.05) is 33.6 Å². The minimum atomic E-state index is -1.13. The van der Waals surface area contributed by atoms with E-state index < -0.39 is 47.2 Å². The van der Waals surface area contributed by atoms with E-state index in [-0.39, 0.29) is 43.4 Å². The summed E-state index contributed by atoms with van der Waals surface area (Å²) >= 11 is 1.15. The summed E-state index contributed by atoms with van der Waals surface area (Å²) in [6.45, 7) is 15.2. The Balaban J connectivity index is 1.26. The predicted molar refractivity (Wildman–Crippen MR) is 247 cm³/mol. The maximum Gasteiger partial charge on any atom is 0.324 e. The second-order valence-electron chi connectivity index (χ2n) is 18.4. The maximum atomic E-state index is 14.6. The molecule has 2 fully saturated rings. The Morgan fingerprint density at radius 2 is 1.92 bits per heavy atom. The van der Waals surface area contributed by atoms with Crippen molar-refractivity contribution in [2.24, 2.45) is 17.3 Å². The van der Waals surface area contributed by atoms with Crippen LogP contribution in [0, 0.1) is 29.1 Å². The average molecular weight is 908 g/mol. The fourth-order valence-corrected chi connectivity index (χ4v) is 10.1. The van der Waals surface area contributed by atoms with Crippen LogP contribution < -0.4 is 10.7 Å². The van der Waals surface area contributed by atoms with Crippen molar-refractivity contribution in [3.63, 3.8) is 0 Å². The van der Waals surface area contributed by atoms with Crippen LogP contribution in [0.1, 0.15) is 90.1 Å². The van der Waals surface area contributed by atoms with Crippen LogP contribution in [0.2, 0.25) is 0 Å². The number of benzene rings is 1. The molecule has 0 aliphatic carbocycles. The van der Waals surface area contributed by atoms with Crippen molar-refractivity contribution in [2.45, 2.75) is 111 Å². The van der Waals surface area contributed by atoms with Crippen molar-refractivity contribution in [3.05, 3.63) is 52.8 Å². The Hall–Kier alpha value is -5.70. The van der Waals surface area contributed by atoms with Gasteiger partial charge >= 0.3 is 5.97 Å². The number of carbonyl (C=O) groups excluding carboxylic acids is 5. The van der Waals surface area contributed by atoms with Crippen LogP contribution in [0.5, 0.6) is 0 Å². The van der Waals surface area contributed by atoms with E-state index in [1.54, 1.807) is 32.2 Å². The standard InChI is InChI=1S/C48H61N9O7S/c1-10-14-39(58)55-22-19-31(26-55)45(60)54(8)41(28(3)4)44(59)50-36-24-38-51-43(53-65-38)30-17-18-37-33(23-30)34(42(56(37)11-2)32-15-12-20-49-40(32)29(5)63-9)25-48(6,7)27-64-47(62)35-16-13-21-57(52-35)46(36)61/h12,15,17-18,20,23,28-29,31,35-36,41,52H,11,13,16,19,21-22,24-27H2,1-9H3,(H,50,59)/t29-,31-,35-,36-,41?/m0/s1. The molecule has 4 amide bonds. The first-order valence-electron chi connectivity index (χ1n) is 22.5. The van der Waals surface area contributed by atoms with E-state index in [2.05, 4.69) is 66.1 Å². The fraction of sp³-hybridized carbons (Fsp3) is 0.542. The van der Waals surface area contributed by atoms with Crippen molar-refractivity contribution < 1.29 is 33.4 Å². The first-order valence-corrected chi connectivity index (χ1v) is 23.3. The molecule has 5 atom stereocenters. The molecule has 1 aromatic carbocycles. The lowest BCUT2D eigenvalue weighted by Crippen LogP contribution is -2.62. The normalized spacial score (nSPS) is 21.0. The number of esters is 1. The SMILES string of the molecule is CC#CC(=O)N1CC[C@H](C(=O)N(C)C(C(=O)N[C@H]2Cc3nc(ns3)-c3ccc4c(c3)c(c(-c3cccnc3[C@H](C)OC)n4CC)CC(C)(C)COC(=O)[C@@H]3CCCN(N3)C2=O)C(C)C)C1. The molecule has 1 unspecified atom stereocenters. The van der Waals surface area contributed by atoms with E-state index in [4.69, 9.17) is 23.8 Å². The largest absolute Gasteiger partial charge is 0.464 e. The Morgan fingerprint density at radius 3 is 2.65 bits per heavy atom. The number of methoxy groups -OCH3 is 1. The number of hydrogen-bond acceptors (Lipinski definition) is 12. The Morgan fingerprint density at radius 1 is 1.14 bits per heavy atom. The number of likely N-dealkylation sites (N-methyl/N-ethyl adjacent to an activating group) is 1. The summed E-state index contributed by atoms with van der Waals surface area (Å²) in [5.74, 6) is 2.79. The quantitative estimate of drug-likeness (QED) is 0.171. The third kappa shape index (κ3) is 9.95. The third-order valence-corrected chi connectivity index (χ3v) is 13.5. The van der Waals surface area contributed by atoms with Gasteiger partial charge in [0.05, 0.1) is 30.0 Å². The van der Waals surface area contributed by atoms with Crippen LogP contribution in [-0.4, -0.2) is 122 Å². The monoisotopic (exact) mass is 907 g/mol. The van der Waals surface area contributed by atoms with E-state index in [9.17, 15) is 24.0 Å². The maximum absolute atomic E-state index is 14.6. The second kappa shape index (κ2) is 19.8. The number of carbonyl (C=O) groups is 5. The summed E-state index contributed by atoms with van der Waals surface area (Å²) in [6, 6.07) is 7.35. The molecule has 3 aliphatic rings. The van der Waals surface area contributed by atoms with E-state index >= 15 is 0 Å². The molecule has 0 saturated carbocycles. The molecule has 4 aromatic rings. The van der Waals surface area contributed by atoms with Gasteiger partial charge in [-0.3, -0.25) is 34.0 Å². The molecule has 2 N–H and O–H groups in total. The van der Waals surface area contributed by atoms with Gasteiger partial charge in [-0.05, 0) is 106 Å². The molecule has 0 spiro atoms. The number of aryl methyl sites for hydroxylation is 1. The topological polar surface area (TPSA) is 181 Å². The van der Waals surface area contributed by atoms with Crippen LogP contribution in [0.15, 0.2) is 36.5 Å². The van der Waals surface area contributed by atoms with Gasteiger partial charge < -0.3 is 29.2 Å². The van der Waals surface area contributed by atoms with E-state index in [0.717, 1.165) is 50.5 Å². The van der Waals surface area contributed by atoms with Gasteiger partial charge in [-0.25, -0.2) is 10.4 Å². The molecule has 16 nitrogen and oxygen atoms in total. The summed E-state index contributed by atoms with van der Waals surface area (Å²) < 4.78 is 19.0. The van der Waals surface area contributed by atoms with Gasteiger partial charge in [0.25, 0.3) is 11.8 Å². The first kappa shape index (κ1) is 47.3. The molecule has 7 rings (SSSR count). The summed E-state index contributed by atoms with van der Waals surface area (Å²) in [5, 5.41) is 5.91. The van der Waals surface area contributed by atoms with Gasteiger partial charge in [-0.2, -0.15) is 4.37 Å². The zero-order chi connectivity index (χ0) is 46.7. The number of nitrogens with zero attached hydrogens (tertiary/aromatic N) is 7. The van der Waals surface area contributed by atoms with E-state index in [1.807, 2.05) is 32.9 Å². The Kier molecular flexibility index (Phi) is 14.4. The van der Waals surface area contributed by atoms with Crippen molar-refractivity contribution in [1.29, 1.82) is 0 Å². The average Bonchev–Trinajstić information content (AvgIpc) is 4.05. The minimum Gasteiger partial charge on any atom is -0.464 e. The van der Waals surface area contributed by atoms with Crippen molar-refractivity contribution in [3.8, 4) is 34.5 Å². The number of rotatable bonds is 9. The zero-order valence-electron chi connectivity index (χ0n) is 38.9. The lowest BCUT2D eigenvalue weighted by molar-refractivity contribution is -0.155. The number of fused-ring (bicyclic) bond motifs is 6. The molecular weight excluding hydrogens is 847 g/mol. The number of ether oxygens (including phenoxy) is 2. The molecule has 0 radical (unpaired) electrons. The predicted octanol–water partition coefficient (Wildman–Crippen LogP) is 4.95. The molecule has 3 aliphatic heterocycles. The number of hydrazine groups is 1. The smallest absolute Gasteiger partial charge is 0.324 e. The minimum absolute atomic E-state index is 0.00960. The van der Waals surface area contributed by atoms with Crippen LogP contribution in [0.4, 0.5) is 0 Å². The van der Waals surface area contributed by atoms with Crippen LogP contribution in [0.3, 0.4) is 0 Å². The Bertz CT molecular complexity index is 2520. The molecule has 2 saturated heterocycles. The molecular formula is C48H61N9O7S. The molecule has 6 heterocycles. The van der Waals surface area contributed by atoms with Gasteiger partial charge in [-0.15, -0.1) is 0 Å². The van der Waals surface area contributed by atoms with Crippen LogP contribution >= 0.6 is 11.5 Å². The highest BCUT2D eigenvalue weighted by Gasteiger charge is 2.40. The summed E-state index contributed by atoms with van der Waals surface area (Å²) in [6.07, 6.45) is 3.51. The van der Waals surface area contributed by atoms with E-state index in [1.165, 1.54) is 9.91 Å². The number of hydrogen-bond donors (Lipinski definition) is 2. The molecule has 17 heteroatoms. The highest BCUT2D eigenvalue weighted by molar-refractivity contribution is 7.05. The number of pyridine rings is 1. The van der Waals surface area contributed by atoms with Crippen molar-refractivity contribution >= 4 is 52.0 Å². The highest BCUT2D eigenvalue weighted by Crippen LogP contribution is 2.42. The second-order valence-corrected chi connectivity index (χ2v) is 19.2. The number of nitrogens with one attached hydrogen (secondary N) is 2. The number of aromatic nitrogens is 4. The fourth-order valence-electron chi connectivity index (χ4n) is 9.40. The van der Waals surface area contributed by atoms with Gasteiger partial charge in [0.1, 0.15) is 23.1 Å². The number of amides is 4.